The van der Waals surface area contributed by atoms with Gasteiger partial charge in [-0.15, -0.1) is 0 Å². The van der Waals surface area contributed by atoms with E-state index in [4.69, 9.17) is 20.3 Å². The normalized spacial score (nSPS) is 16.8. The third-order valence-corrected chi connectivity index (χ3v) is 4.11. The van der Waals surface area contributed by atoms with Crippen molar-refractivity contribution >= 4 is 5.97 Å². The molecular weight excluding hydrogens is 296 g/mol. The Morgan fingerprint density at radius 2 is 2.04 bits per heavy atom. The number of hydrogen-bond donors (Lipinski definition) is 2. The highest BCUT2D eigenvalue weighted by atomic mass is 16.5. The van der Waals surface area contributed by atoms with Crippen LogP contribution in [0.15, 0.2) is 18.2 Å². The maximum atomic E-state index is 10.8. The zero-order chi connectivity index (χ0) is 16.7. The quantitative estimate of drug-likeness (QED) is 0.755. The van der Waals surface area contributed by atoms with E-state index < -0.39 is 12.0 Å². The van der Waals surface area contributed by atoms with Crippen molar-refractivity contribution in [1.29, 1.82) is 0 Å². The van der Waals surface area contributed by atoms with Gasteiger partial charge in [0, 0.05) is 6.54 Å². The van der Waals surface area contributed by atoms with Gasteiger partial charge in [0.25, 0.3) is 0 Å². The predicted octanol–water partition coefficient (Wildman–Crippen LogP) is 1.51. The lowest BCUT2D eigenvalue weighted by Crippen LogP contribution is -2.33. The fraction of sp³-hybridized carbons (Fsp3) is 0.588. The van der Waals surface area contributed by atoms with Gasteiger partial charge in [-0.25, -0.2) is 0 Å². The van der Waals surface area contributed by atoms with Gasteiger partial charge in [-0.3, -0.25) is 9.69 Å². The van der Waals surface area contributed by atoms with Gasteiger partial charge in [0.05, 0.1) is 7.11 Å². The molecule has 1 aromatic carbocycles. The average Bonchev–Trinajstić information content (AvgIpc) is 2.56. The lowest BCUT2D eigenvalue weighted by Gasteiger charge is -2.26. The number of carboxylic acids is 1. The Bertz CT molecular complexity index is 515. The summed E-state index contributed by atoms with van der Waals surface area (Å²) >= 11 is 0. The second-order valence-corrected chi connectivity index (χ2v) is 5.88. The van der Waals surface area contributed by atoms with Gasteiger partial charge in [0.2, 0.25) is 0 Å². The molecular formula is C17H26N2O4. The van der Waals surface area contributed by atoms with Crippen LogP contribution in [0.4, 0.5) is 0 Å². The smallest absolute Gasteiger partial charge is 0.320 e. The molecule has 1 unspecified atom stereocenters. The predicted molar refractivity (Wildman–Crippen MR) is 88.1 cm³/mol. The first-order valence-corrected chi connectivity index (χ1v) is 8.10. The van der Waals surface area contributed by atoms with Crippen molar-refractivity contribution < 1.29 is 19.4 Å². The summed E-state index contributed by atoms with van der Waals surface area (Å²) < 4.78 is 11.2. The molecule has 0 saturated carbocycles. The Morgan fingerprint density at radius 1 is 1.30 bits per heavy atom. The number of carboxylic acid groups (broad SMARTS) is 1. The average molecular weight is 322 g/mol. The molecule has 23 heavy (non-hydrogen) atoms. The summed E-state index contributed by atoms with van der Waals surface area (Å²) in [6.07, 6.45) is 4.12. The van der Waals surface area contributed by atoms with Gasteiger partial charge in [0.1, 0.15) is 12.6 Å². The Labute approximate surface area is 137 Å². The molecule has 0 bridgehead atoms. The highest BCUT2D eigenvalue weighted by Gasteiger charge is 2.14. The minimum absolute atomic E-state index is 0.264. The van der Waals surface area contributed by atoms with E-state index in [1.54, 1.807) is 13.2 Å². The summed E-state index contributed by atoms with van der Waals surface area (Å²) in [7, 11) is 1.58. The number of likely N-dealkylation sites (tertiary alicyclic amines) is 1. The van der Waals surface area contributed by atoms with Crippen LogP contribution >= 0.6 is 0 Å². The molecule has 6 heteroatoms. The van der Waals surface area contributed by atoms with Crippen molar-refractivity contribution in [3.63, 3.8) is 0 Å². The van der Waals surface area contributed by atoms with E-state index in [9.17, 15) is 4.79 Å². The number of ether oxygens (including phenoxy) is 2. The van der Waals surface area contributed by atoms with E-state index in [0.717, 1.165) is 25.2 Å². The molecule has 1 aromatic rings. The zero-order valence-electron chi connectivity index (χ0n) is 13.7. The molecule has 1 atom stereocenters. The third-order valence-electron chi connectivity index (χ3n) is 4.11. The molecule has 3 N–H and O–H groups in total. The van der Waals surface area contributed by atoms with Gasteiger partial charge in [-0.1, -0.05) is 12.5 Å². The maximum Gasteiger partial charge on any atom is 0.320 e. The van der Waals surface area contributed by atoms with E-state index in [1.807, 2.05) is 12.1 Å². The van der Waals surface area contributed by atoms with E-state index in [2.05, 4.69) is 4.90 Å². The maximum absolute atomic E-state index is 10.8. The molecule has 6 nitrogen and oxygen atoms in total. The third kappa shape index (κ3) is 5.41. The van der Waals surface area contributed by atoms with E-state index >= 15 is 0 Å². The molecule has 0 aliphatic carbocycles. The number of rotatable bonds is 8. The van der Waals surface area contributed by atoms with Crippen LogP contribution in [0.25, 0.3) is 0 Å². The van der Waals surface area contributed by atoms with Crippen molar-refractivity contribution in [2.24, 2.45) is 5.73 Å². The van der Waals surface area contributed by atoms with Crippen molar-refractivity contribution in [2.45, 2.75) is 31.7 Å². The topological polar surface area (TPSA) is 85.0 Å². The monoisotopic (exact) mass is 322 g/mol. The van der Waals surface area contributed by atoms with Crippen LogP contribution in [0.2, 0.25) is 0 Å². The number of nitrogens with zero attached hydrogens (tertiary/aromatic N) is 1. The second kappa shape index (κ2) is 8.74. The molecule has 128 valence electrons. The molecule has 1 fully saturated rings. The zero-order valence-corrected chi connectivity index (χ0v) is 13.7. The Morgan fingerprint density at radius 3 is 2.70 bits per heavy atom. The first kappa shape index (κ1) is 17.6. The standard InChI is InChI=1S/C17H26N2O4/c1-22-16-12-13(11-14(18)17(20)21)5-6-15(16)23-10-9-19-7-3-2-4-8-19/h5-6,12,14H,2-4,7-11,18H2,1H3,(H,20,21). The van der Waals surface area contributed by atoms with Crippen LogP contribution in [0.3, 0.4) is 0 Å². The minimum atomic E-state index is -1.01. The SMILES string of the molecule is COc1cc(CC(N)C(=O)O)ccc1OCCN1CCCCC1. The first-order valence-electron chi connectivity index (χ1n) is 8.10. The molecule has 0 amide bonds. The Hall–Kier alpha value is -1.79. The van der Waals surface area contributed by atoms with Crippen molar-refractivity contribution in [2.75, 3.05) is 33.4 Å². The largest absolute Gasteiger partial charge is 0.493 e. The Kier molecular flexibility index (Phi) is 6.67. The number of carbonyl (C=O) groups is 1. The van der Waals surface area contributed by atoms with Gasteiger partial charge in [-0.2, -0.15) is 0 Å². The molecule has 1 aliphatic rings. The molecule has 2 rings (SSSR count). The molecule has 1 saturated heterocycles. The number of benzene rings is 1. The number of nitrogens with two attached hydrogens (primary N) is 1. The summed E-state index contributed by atoms with van der Waals surface area (Å²) in [5.74, 6) is 0.279. The number of hydrogen-bond acceptors (Lipinski definition) is 5. The second-order valence-electron chi connectivity index (χ2n) is 5.88. The molecule has 1 heterocycles. The molecule has 0 spiro atoms. The summed E-state index contributed by atoms with van der Waals surface area (Å²) in [6, 6.07) is 4.53. The highest BCUT2D eigenvalue weighted by molar-refractivity contribution is 5.73. The summed E-state index contributed by atoms with van der Waals surface area (Å²) in [5, 5.41) is 8.88. The van der Waals surface area contributed by atoms with Crippen molar-refractivity contribution in [3.8, 4) is 11.5 Å². The van der Waals surface area contributed by atoms with E-state index in [0.29, 0.717) is 18.1 Å². The van der Waals surface area contributed by atoms with Crippen molar-refractivity contribution in [3.05, 3.63) is 23.8 Å². The summed E-state index contributed by atoms with van der Waals surface area (Å²) in [6.45, 7) is 3.82. The van der Waals surface area contributed by atoms with Gasteiger partial charge < -0.3 is 20.3 Å². The minimum Gasteiger partial charge on any atom is -0.493 e. The lowest BCUT2D eigenvalue weighted by atomic mass is 10.1. The van der Waals surface area contributed by atoms with Crippen LogP contribution in [0.5, 0.6) is 11.5 Å². The van der Waals surface area contributed by atoms with Gasteiger partial charge >= 0.3 is 5.97 Å². The number of piperidine rings is 1. The van der Waals surface area contributed by atoms with Gasteiger partial charge in [0.15, 0.2) is 11.5 Å². The van der Waals surface area contributed by atoms with Crippen molar-refractivity contribution in [1.82, 2.24) is 4.90 Å². The van der Waals surface area contributed by atoms with Gasteiger partial charge in [-0.05, 0) is 50.0 Å². The van der Waals surface area contributed by atoms with Crippen LogP contribution in [-0.4, -0.2) is 55.4 Å². The number of methoxy groups -OCH3 is 1. The highest BCUT2D eigenvalue weighted by Crippen LogP contribution is 2.28. The van der Waals surface area contributed by atoms with E-state index in [1.165, 1.54) is 19.3 Å². The number of aliphatic carboxylic acids is 1. The first-order chi connectivity index (χ1) is 11.1. The van der Waals surface area contributed by atoms with Crippen LogP contribution < -0.4 is 15.2 Å². The molecule has 1 aliphatic heterocycles. The van der Waals surface area contributed by atoms with E-state index in [-0.39, 0.29) is 6.42 Å². The Balaban J connectivity index is 1.89. The fourth-order valence-corrected chi connectivity index (χ4v) is 2.77. The van der Waals surface area contributed by atoms with Crippen LogP contribution in [0, 0.1) is 0 Å². The fourth-order valence-electron chi connectivity index (χ4n) is 2.77. The summed E-state index contributed by atoms with van der Waals surface area (Å²) in [5.41, 5.74) is 6.38. The molecule has 0 aromatic heterocycles. The summed E-state index contributed by atoms with van der Waals surface area (Å²) in [4.78, 5) is 13.2. The van der Waals surface area contributed by atoms with Crippen LogP contribution in [0.1, 0.15) is 24.8 Å². The molecule has 0 radical (unpaired) electrons. The van der Waals surface area contributed by atoms with Crippen LogP contribution in [-0.2, 0) is 11.2 Å². The lowest BCUT2D eigenvalue weighted by molar-refractivity contribution is -0.138.